The summed E-state index contributed by atoms with van der Waals surface area (Å²) < 4.78 is 10.9. The normalized spacial score (nSPS) is 13.3. The molecule has 0 fully saturated rings. The van der Waals surface area contributed by atoms with Crippen molar-refractivity contribution in [2.24, 2.45) is 0 Å². The van der Waals surface area contributed by atoms with E-state index in [1.165, 1.54) is 6.08 Å². The fourth-order valence-corrected chi connectivity index (χ4v) is 1.57. The first-order valence-corrected chi connectivity index (χ1v) is 5.76. The lowest BCUT2D eigenvalue weighted by atomic mass is 10.2. The second-order valence-corrected chi connectivity index (χ2v) is 3.77. The Morgan fingerprint density at radius 1 is 1.33 bits per heavy atom. The predicted molar refractivity (Wildman–Crippen MR) is 69.7 cm³/mol. The summed E-state index contributed by atoms with van der Waals surface area (Å²) in [7, 11) is 0. The largest absolute Gasteiger partial charge is 0.486 e. The third-order valence-corrected chi connectivity index (χ3v) is 2.41. The molecule has 0 aromatic heterocycles. The van der Waals surface area contributed by atoms with Crippen molar-refractivity contribution >= 4 is 12.0 Å². The Bertz CT molecular complexity index is 480. The fourth-order valence-electron chi connectivity index (χ4n) is 1.57. The SMILES string of the molecule is C=CCNC(=O)/C=C/c1ccc2c(c1)OCCO2. The molecule has 0 atom stereocenters. The summed E-state index contributed by atoms with van der Waals surface area (Å²) in [6.07, 6.45) is 4.85. The van der Waals surface area contributed by atoms with E-state index in [4.69, 9.17) is 9.47 Å². The molecular weight excluding hydrogens is 230 g/mol. The molecule has 1 heterocycles. The zero-order valence-corrected chi connectivity index (χ0v) is 10.0. The highest BCUT2D eigenvalue weighted by Crippen LogP contribution is 2.30. The molecule has 0 saturated carbocycles. The lowest BCUT2D eigenvalue weighted by molar-refractivity contribution is -0.116. The van der Waals surface area contributed by atoms with E-state index in [1.54, 1.807) is 12.2 Å². The zero-order chi connectivity index (χ0) is 12.8. The molecule has 0 unspecified atom stereocenters. The van der Waals surface area contributed by atoms with Crippen molar-refractivity contribution in [1.29, 1.82) is 0 Å². The van der Waals surface area contributed by atoms with E-state index in [9.17, 15) is 4.79 Å². The van der Waals surface area contributed by atoms with Gasteiger partial charge in [-0.25, -0.2) is 0 Å². The van der Waals surface area contributed by atoms with Crippen LogP contribution < -0.4 is 14.8 Å². The maximum atomic E-state index is 11.4. The Labute approximate surface area is 106 Å². The van der Waals surface area contributed by atoms with E-state index in [2.05, 4.69) is 11.9 Å². The summed E-state index contributed by atoms with van der Waals surface area (Å²) in [6.45, 7) is 5.12. The third kappa shape index (κ3) is 3.13. The summed E-state index contributed by atoms with van der Waals surface area (Å²) in [5.74, 6) is 1.31. The van der Waals surface area contributed by atoms with Gasteiger partial charge in [-0.1, -0.05) is 12.1 Å². The number of hydrogen-bond acceptors (Lipinski definition) is 3. The van der Waals surface area contributed by atoms with Crippen molar-refractivity contribution in [1.82, 2.24) is 5.32 Å². The monoisotopic (exact) mass is 245 g/mol. The molecule has 1 aliphatic heterocycles. The fraction of sp³-hybridized carbons (Fsp3) is 0.214. The van der Waals surface area contributed by atoms with Crippen LogP contribution in [0.2, 0.25) is 0 Å². The molecule has 1 aromatic carbocycles. The molecule has 0 spiro atoms. The topological polar surface area (TPSA) is 47.6 Å². The van der Waals surface area contributed by atoms with Gasteiger partial charge in [0.05, 0.1) is 0 Å². The van der Waals surface area contributed by atoms with Gasteiger partial charge in [0.1, 0.15) is 13.2 Å². The van der Waals surface area contributed by atoms with Gasteiger partial charge in [0, 0.05) is 12.6 Å². The van der Waals surface area contributed by atoms with Crippen LogP contribution in [0.5, 0.6) is 11.5 Å². The highest BCUT2D eigenvalue weighted by atomic mass is 16.6. The molecule has 2 rings (SSSR count). The van der Waals surface area contributed by atoms with Crippen LogP contribution in [0.25, 0.3) is 6.08 Å². The van der Waals surface area contributed by atoms with Crippen molar-refractivity contribution in [3.63, 3.8) is 0 Å². The average Bonchev–Trinajstić information content (AvgIpc) is 2.42. The number of carbonyl (C=O) groups is 1. The minimum Gasteiger partial charge on any atom is -0.486 e. The first kappa shape index (κ1) is 12.2. The second kappa shape index (κ2) is 5.91. The van der Waals surface area contributed by atoms with Crippen molar-refractivity contribution in [2.45, 2.75) is 0 Å². The van der Waals surface area contributed by atoms with Crippen molar-refractivity contribution in [2.75, 3.05) is 19.8 Å². The Morgan fingerprint density at radius 2 is 2.11 bits per heavy atom. The summed E-state index contributed by atoms with van der Waals surface area (Å²) >= 11 is 0. The average molecular weight is 245 g/mol. The lowest BCUT2D eigenvalue weighted by Gasteiger charge is -2.18. The van der Waals surface area contributed by atoms with E-state index in [-0.39, 0.29) is 5.91 Å². The van der Waals surface area contributed by atoms with Gasteiger partial charge in [0.15, 0.2) is 11.5 Å². The Kier molecular flexibility index (Phi) is 4.02. The molecule has 18 heavy (non-hydrogen) atoms. The minimum atomic E-state index is -0.148. The van der Waals surface area contributed by atoms with Crippen LogP contribution in [-0.4, -0.2) is 25.7 Å². The Morgan fingerprint density at radius 3 is 2.89 bits per heavy atom. The molecule has 94 valence electrons. The minimum absolute atomic E-state index is 0.148. The summed E-state index contributed by atoms with van der Waals surface area (Å²) in [5.41, 5.74) is 0.896. The molecule has 1 N–H and O–H groups in total. The van der Waals surface area contributed by atoms with E-state index < -0.39 is 0 Å². The molecule has 1 amide bonds. The first-order chi connectivity index (χ1) is 8.79. The molecule has 0 saturated heterocycles. The molecule has 0 aliphatic carbocycles. The second-order valence-electron chi connectivity index (χ2n) is 3.77. The number of hydrogen-bond donors (Lipinski definition) is 1. The van der Waals surface area contributed by atoms with Crippen LogP contribution in [0, 0.1) is 0 Å². The lowest BCUT2D eigenvalue weighted by Crippen LogP contribution is -2.20. The van der Waals surface area contributed by atoms with E-state index in [0.29, 0.717) is 19.8 Å². The van der Waals surface area contributed by atoms with E-state index >= 15 is 0 Å². The quantitative estimate of drug-likeness (QED) is 0.649. The number of carbonyl (C=O) groups excluding carboxylic acids is 1. The number of benzene rings is 1. The molecule has 1 aliphatic rings. The van der Waals surface area contributed by atoms with Crippen LogP contribution in [0.15, 0.2) is 36.9 Å². The summed E-state index contributed by atoms with van der Waals surface area (Å²) in [5, 5.41) is 2.67. The van der Waals surface area contributed by atoms with Gasteiger partial charge in [-0.05, 0) is 23.8 Å². The van der Waals surface area contributed by atoms with Gasteiger partial charge in [0.2, 0.25) is 5.91 Å². The smallest absolute Gasteiger partial charge is 0.244 e. The maximum Gasteiger partial charge on any atom is 0.244 e. The van der Waals surface area contributed by atoms with Crippen LogP contribution in [0.3, 0.4) is 0 Å². The molecule has 0 radical (unpaired) electrons. The highest BCUT2D eigenvalue weighted by molar-refractivity contribution is 5.91. The Balaban J connectivity index is 2.03. The van der Waals surface area contributed by atoms with Crippen molar-refractivity contribution < 1.29 is 14.3 Å². The molecular formula is C14H15NO3. The summed E-state index contributed by atoms with van der Waals surface area (Å²) in [4.78, 5) is 11.4. The van der Waals surface area contributed by atoms with Gasteiger partial charge in [-0.3, -0.25) is 4.79 Å². The molecule has 4 heteroatoms. The third-order valence-electron chi connectivity index (χ3n) is 2.41. The van der Waals surface area contributed by atoms with Crippen LogP contribution >= 0.6 is 0 Å². The Hall–Kier alpha value is -2.23. The zero-order valence-electron chi connectivity index (χ0n) is 10.0. The number of fused-ring (bicyclic) bond motifs is 1. The van der Waals surface area contributed by atoms with Gasteiger partial charge in [0.25, 0.3) is 0 Å². The molecule has 1 aromatic rings. The first-order valence-electron chi connectivity index (χ1n) is 5.76. The van der Waals surface area contributed by atoms with E-state index in [0.717, 1.165) is 17.1 Å². The molecule has 4 nitrogen and oxygen atoms in total. The van der Waals surface area contributed by atoms with Gasteiger partial charge < -0.3 is 14.8 Å². The van der Waals surface area contributed by atoms with Gasteiger partial charge in [-0.15, -0.1) is 6.58 Å². The van der Waals surface area contributed by atoms with Crippen LogP contribution in [-0.2, 0) is 4.79 Å². The molecule has 0 bridgehead atoms. The predicted octanol–water partition coefficient (Wildman–Crippen LogP) is 1.77. The standard InChI is InChI=1S/C14H15NO3/c1-2-7-15-14(16)6-4-11-3-5-12-13(10-11)18-9-8-17-12/h2-6,10H,1,7-9H2,(H,15,16)/b6-4+. The van der Waals surface area contributed by atoms with Gasteiger partial charge >= 0.3 is 0 Å². The number of nitrogens with one attached hydrogen (secondary N) is 1. The number of ether oxygens (including phenoxy) is 2. The maximum absolute atomic E-state index is 11.4. The van der Waals surface area contributed by atoms with Crippen LogP contribution in [0.1, 0.15) is 5.56 Å². The van der Waals surface area contributed by atoms with Crippen molar-refractivity contribution in [3.05, 3.63) is 42.5 Å². The number of rotatable bonds is 4. The van der Waals surface area contributed by atoms with Gasteiger partial charge in [-0.2, -0.15) is 0 Å². The number of amides is 1. The van der Waals surface area contributed by atoms with E-state index in [1.807, 2.05) is 18.2 Å². The summed E-state index contributed by atoms with van der Waals surface area (Å²) in [6, 6.07) is 5.58. The van der Waals surface area contributed by atoms with Crippen molar-refractivity contribution in [3.8, 4) is 11.5 Å². The van der Waals surface area contributed by atoms with Crippen LogP contribution in [0.4, 0.5) is 0 Å². The highest BCUT2D eigenvalue weighted by Gasteiger charge is 2.10.